The second-order valence-corrected chi connectivity index (χ2v) is 4.86. The summed E-state index contributed by atoms with van der Waals surface area (Å²) >= 11 is 0. The van der Waals surface area contributed by atoms with Gasteiger partial charge in [0.2, 0.25) is 0 Å². The van der Waals surface area contributed by atoms with Crippen LogP contribution in [-0.2, 0) is 11.3 Å². The molecule has 0 radical (unpaired) electrons. The van der Waals surface area contributed by atoms with Gasteiger partial charge in [-0.25, -0.2) is 4.98 Å². The Balaban J connectivity index is 1.97. The first kappa shape index (κ1) is 14.2. The fourth-order valence-corrected chi connectivity index (χ4v) is 2.22. The Labute approximate surface area is 114 Å². The molecule has 0 bridgehead atoms. The number of nitrogens with one attached hydrogen (secondary N) is 1. The number of aliphatic hydroxyl groups is 1. The van der Waals surface area contributed by atoms with Gasteiger partial charge < -0.3 is 15.2 Å². The minimum absolute atomic E-state index is 0.106. The molecule has 1 atom stereocenters. The molecule has 0 aromatic carbocycles. The van der Waals surface area contributed by atoms with Crippen LogP contribution in [0.2, 0.25) is 0 Å². The molecule has 1 aliphatic rings. The van der Waals surface area contributed by atoms with Crippen molar-refractivity contribution in [1.29, 1.82) is 0 Å². The van der Waals surface area contributed by atoms with Crippen LogP contribution >= 0.6 is 0 Å². The van der Waals surface area contributed by atoms with Crippen molar-refractivity contribution in [3.63, 3.8) is 0 Å². The van der Waals surface area contributed by atoms with Crippen LogP contribution < -0.4 is 5.32 Å². The van der Waals surface area contributed by atoms with E-state index in [9.17, 15) is 5.11 Å². The van der Waals surface area contributed by atoms with Crippen LogP contribution in [0.1, 0.15) is 18.9 Å². The SMILES string of the molecule is CCCNc1cc(CN2CCOCC2CO)ccn1. The standard InChI is InChI=1S/C14H23N3O2/c1-2-4-15-14-8-12(3-5-16-14)9-17-6-7-19-11-13(17)10-18/h3,5,8,13,18H,2,4,6-7,9-11H2,1H3,(H,15,16). The summed E-state index contributed by atoms with van der Waals surface area (Å²) in [5.74, 6) is 0.924. The Morgan fingerprint density at radius 2 is 2.47 bits per heavy atom. The summed E-state index contributed by atoms with van der Waals surface area (Å²) in [5, 5.41) is 12.7. The van der Waals surface area contributed by atoms with Gasteiger partial charge in [-0.05, 0) is 24.1 Å². The van der Waals surface area contributed by atoms with Crippen LogP contribution in [0.5, 0.6) is 0 Å². The van der Waals surface area contributed by atoms with Gasteiger partial charge in [0.05, 0.1) is 25.9 Å². The summed E-state index contributed by atoms with van der Waals surface area (Å²) in [6.07, 6.45) is 2.92. The van der Waals surface area contributed by atoms with Crippen LogP contribution in [0.4, 0.5) is 5.82 Å². The summed E-state index contributed by atoms with van der Waals surface area (Å²) in [4.78, 5) is 6.57. The molecule has 1 aromatic rings. The first-order chi connectivity index (χ1) is 9.33. The number of pyridine rings is 1. The number of nitrogens with zero attached hydrogens (tertiary/aromatic N) is 2. The number of aromatic nitrogens is 1. The number of aliphatic hydroxyl groups excluding tert-OH is 1. The molecule has 1 unspecified atom stereocenters. The Bertz CT molecular complexity index is 387. The average Bonchev–Trinajstić information content (AvgIpc) is 2.46. The Kier molecular flexibility index (Phi) is 5.57. The van der Waals surface area contributed by atoms with Crippen molar-refractivity contribution >= 4 is 5.82 Å². The number of anilines is 1. The van der Waals surface area contributed by atoms with E-state index in [0.29, 0.717) is 6.61 Å². The fraction of sp³-hybridized carbons (Fsp3) is 0.643. The topological polar surface area (TPSA) is 57.6 Å². The molecule has 106 valence electrons. The number of hydrogen-bond donors (Lipinski definition) is 2. The van der Waals surface area contributed by atoms with Gasteiger partial charge in [0.1, 0.15) is 5.82 Å². The third kappa shape index (κ3) is 4.16. The van der Waals surface area contributed by atoms with Crippen molar-refractivity contribution in [2.75, 3.05) is 38.2 Å². The maximum atomic E-state index is 9.36. The van der Waals surface area contributed by atoms with Crippen molar-refractivity contribution in [3.05, 3.63) is 23.9 Å². The van der Waals surface area contributed by atoms with Gasteiger partial charge in [-0.2, -0.15) is 0 Å². The molecule has 1 fully saturated rings. The normalized spacial score (nSPS) is 20.4. The first-order valence-corrected chi connectivity index (χ1v) is 6.95. The molecular formula is C14H23N3O2. The highest BCUT2D eigenvalue weighted by atomic mass is 16.5. The van der Waals surface area contributed by atoms with Crippen molar-refractivity contribution < 1.29 is 9.84 Å². The van der Waals surface area contributed by atoms with Crippen LogP contribution in [0.15, 0.2) is 18.3 Å². The highest BCUT2D eigenvalue weighted by Crippen LogP contribution is 2.14. The van der Waals surface area contributed by atoms with Gasteiger partial charge in [0, 0.05) is 25.8 Å². The van der Waals surface area contributed by atoms with E-state index >= 15 is 0 Å². The third-order valence-corrected chi connectivity index (χ3v) is 3.33. The van der Waals surface area contributed by atoms with E-state index in [2.05, 4.69) is 28.2 Å². The molecule has 19 heavy (non-hydrogen) atoms. The molecule has 1 aliphatic heterocycles. The van der Waals surface area contributed by atoms with Gasteiger partial charge in [0.25, 0.3) is 0 Å². The second-order valence-electron chi connectivity index (χ2n) is 4.86. The van der Waals surface area contributed by atoms with Crippen LogP contribution in [0.25, 0.3) is 0 Å². The average molecular weight is 265 g/mol. The summed E-state index contributed by atoms with van der Waals surface area (Å²) in [6, 6.07) is 4.22. The lowest BCUT2D eigenvalue weighted by Crippen LogP contribution is -2.46. The van der Waals surface area contributed by atoms with Crippen LogP contribution in [-0.4, -0.2) is 53.9 Å². The molecule has 1 saturated heterocycles. The lowest BCUT2D eigenvalue weighted by atomic mass is 10.2. The first-order valence-electron chi connectivity index (χ1n) is 6.95. The van der Waals surface area contributed by atoms with Gasteiger partial charge >= 0.3 is 0 Å². The van der Waals surface area contributed by atoms with E-state index in [1.54, 1.807) is 0 Å². The highest BCUT2D eigenvalue weighted by Gasteiger charge is 2.22. The zero-order valence-corrected chi connectivity index (χ0v) is 11.5. The third-order valence-electron chi connectivity index (χ3n) is 3.33. The number of rotatable bonds is 6. The molecule has 0 amide bonds. The lowest BCUT2D eigenvalue weighted by Gasteiger charge is -2.34. The van der Waals surface area contributed by atoms with Gasteiger partial charge in [-0.1, -0.05) is 6.92 Å². The zero-order valence-electron chi connectivity index (χ0n) is 11.5. The quantitative estimate of drug-likeness (QED) is 0.806. The molecule has 5 nitrogen and oxygen atoms in total. The maximum Gasteiger partial charge on any atom is 0.126 e. The van der Waals surface area contributed by atoms with E-state index < -0.39 is 0 Å². The lowest BCUT2D eigenvalue weighted by molar-refractivity contribution is -0.0312. The summed E-state index contributed by atoms with van der Waals surface area (Å²) in [5.41, 5.74) is 1.22. The highest BCUT2D eigenvalue weighted by molar-refractivity contribution is 5.37. The number of morpholine rings is 1. The summed E-state index contributed by atoms with van der Waals surface area (Å²) in [7, 11) is 0. The minimum atomic E-state index is 0.106. The monoisotopic (exact) mass is 265 g/mol. The molecule has 5 heteroatoms. The number of hydrogen-bond acceptors (Lipinski definition) is 5. The van der Waals surface area contributed by atoms with Crippen LogP contribution in [0, 0.1) is 0 Å². The molecule has 2 heterocycles. The van der Waals surface area contributed by atoms with Crippen molar-refractivity contribution in [3.8, 4) is 0 Å². The molecule has 2 N–H and O–H groups in total. The predicted octanol–water partition coefficient (Wildman–Crippen LogP) is 1.10. The molecule has 0 aliphatic carbocycles. The molecule has 2 rings (SSSR count). The molecule has 0 saturated carbocycles. The van der Waals surface area contributed by atoms with Crippen molar-refractivity contribution in [2.24, 2.45) is 0 Å². The van der Waals surface area contributed by atoms with E-state index in [-0.39, 0.29) is 12.6 Å². The molecule has 0 spiro atoms. The zero-order chi connectivity index (χ0) is 13.5. The second kappa shape index (κ2) is 7.43. The molecule has 1 aromatic heterocycles. The summed E-state index contributed by atoms with van der Waals surface area (Å²) in [6.45, 7) is 6.27. The largest absolute Gasteiger partial charge is 0.395 e. The summed E-state index contributed by atoms with van der Waals surface area (Å²) < 4.78 is 5.39. The Morgan fingerprint density at radius 3 is 3.26 bits per heavy atom. The van der Waals surface area contributed by atoms with E-state index in [1.165, 1.54) is 5.56 Å². The Morgan fingerprint density at radius 1 is 1.58 bits per heavy atom. The Hall–Kier alpha value is -1.17. The number of ether oxygens (including phenoxy) is 1. The molecular weight excluding hydrogens is 242 g/mol. The van der Waals surface area contributed by atoms with Gasteiger partial charge in [-0.15, -0.1) is 0 Å². The van der Waals surface area contributed by atoms with Crippen molar-refractivity contribution in [1.82, 2.24) is 9.88 Å². The van der Waals surface area contributed by atoms with Gasteiger partial charge in [-0.3, -0.25) is 4.90 Å². The van der Waals surface area contributed by atoms with Gasteiger partial charge in [0.15, 0.2) is 0 Å². The smallest absolute Gasteiger partial charge is 0.126 e. The predicted molar refractivity (Wildman–Crippen MR) is 75.1 cm³/mol. The van der Waals surface area contributed by atoms with Crippen LogP contribution in [0.3, 0.4) is 0 Å². The van der Waals surface area contributed by atoms with Crippen molar-refractivity contribution in [2.45, 2.75) is 25.9 Å². The fourth-order valence-electron chi connectivity index (χ4n) is 2.22. The van der Waals surface area contributed by atoms with E-state index in [1.807, 2.05) is 12.3 Å². The maximum absolute atomic E-state index is 9.36. The van der Waals surface area contributed by atoms with E-state index in [4.69, 9.17) is 4.74 Å². The van der Waals surface area contributed by atoms with E-state index in [0.717, 1.165) is 38.5 Å². The minimum Gasteiger partial charge on any atom is -0.395 e.